The average Bonchev–Trinajstić information content (AvgIpc) is 2.96. The average molecular weight is 550 g/mol. The molecule has 39 heavy (non-hydrogen) atoms. The van der Waals surface area contributed by atoms with Gasteiger partial charge in [-0.05, 0) is 80.1 Å². The van der Waals surface area contributed by atoms with Crippen molar-refractivity contribution in [1.29, 1.82) is 0 Å². The number of benzene rings is 3. The molecular weight excluding hydrogens is 514 g/mol. The minimum absolute atomic E-state index is 0.0546. The number of esters is 1. The third-order valence-corrected chi connectivity index (χ3v) is 9.02. The minimum Gasteiger partial charge on any atom is -0.494 e. The molecule has 0 aliphatic heterocycles. The quantitative estimate of drug-likeness (QED) is 0.218. The second kappa shape index (κ2) is 12.5. The molecule has 0 N–H and O–H groups in total. The van der Waals surface area contributed by atoms with Crippen molar-refractivity contribution < 1.29 is 27.5 Å². The molecule has 0 atom stereocenters. The second-order valence-corrected chi connectivity index (χ2v) is 11.8. The number of aryl methyl sites for hydroxylation is 1. The van der Waals surface area contributed by atoms with Gasteiger partial charge in [-0.25, -0.2) is 13.2 Å². The van der Waals surface area contributed by atoms with Gasteiger partial charge in [0.25, 0.3) is 10.0 Å². The second-order valence-electron chi connectivity index (χ2n) is 9.83. The zero-order valence-corrected chi connectivity index (χ0v) is 23.5. The molecular formula is C31H35NO6S. The van der Waals surface area contributed by atoms with Crippen molar-refractivity contribution in [2.24, 2.45) is 0 Å². The lowest BCUT2D eigenvalue weighted by atomic mass is 9.84. The third-order valence-electron chi connectivity index (χ3n) is 7.24. The van der Waals surface area contributed by atoms with E-state index in [4.69, 9.17) is 9.47 Å². The number of nitrogens with zero attached hydrogens (tertiary/aromatic N) is 1. The van der Waals surface area contributed by atoms with Crippen LogP contribution in [0.5, 0.6) is 5.75 Å². The fourth-order valence-electron chi connectivity index (χ4n) is 4.87. The van der Waals surface area contributed by atoms with Crippen LogP contribution >= 0.6 is 0 Å². The van der Waals surface area contributed by atoms with Crippen LogP contribution < -0.4 is 9.04 Å². The van der Waals surface area contributed by atoms with Crippen LogP contribution in [0.15, 0.2) is 71.6 Å². The number of carbonyl (C=O) groups excluding carboxylic acids is 2. The van der Waals surface area contributed by atoms with Gasteiger partial charge in [-0.2, -0.15) is 0 Å². The Balaban J connectivity index is 1.43. The first-order chi connectivity index (χ1) is 18.7. The standard InChI is InChI=1S/C31H35NO6S/c1-4-37-27-17-15-26(16-18-27)32(3)39(35,36)28-19-10-22(2)29(20-28)31(34)38-21-30(33)25-13-11-24(12-14-25)23-8-6-5-7-9-23/h10-20,23H,4-9,21H2,1-3H3. The van der Waals surface area contributed by atoms with E-state index in [1.54, 1.807) is 49.4 Å². The molecule has 1 fully saturated rings. The molecule has 0 radical (unpaired) electrons. The Labute approximate surface area is 230 Å². The number of ketones is 1. The molecule has 7 nitrogen and oxygen atoms in total. The van der Waals surface area contributed by atoms with Crippen LogP contribution in [0.3, 0.4) is 0 Å². The van der Waals surface area contributed by atoms with Crippen molar-refractivity contribution >= 4 is 27.5 Å². The smallest absolute Gasteiger partial charge is 0.338 e. The summed E-state index contributed by atoms with van der Waals surface area (Å²) in [5.74, 6) is 0.124. The molecule has 0 heterocycles. The van der Waals surface area contributed by atoms with Gasteiger partial charge in [-0.1, -0.05) is 49.6 Å². The summed E-state index contributed by atoms with van der Waals surface area (Å²) in [5.41, 5.74) is 2.81. The molecule has 206 valence electrons. The van der Waals surface area contributed by atoms with Crippen LogP contribution in [0, 0.1) is 6.92 Å². The zero-order chi connectivity index (χ0) is 28.0. The van der Waals surface area contributed by atoms with Crippen LogP contribution in [0.4, 0.5) is 5.69 Å². The van der Waals surface area contributed by atoms with Crippen LogP contribution in [0.25, 0.3) is 0 Å². The van der Waals surface area contributed by atoms with Gasteiger partial charge in [0, 0.05) is 12.6 Å². The number of hydrogen-bond donors (Lipinski definition) is 0. The summed E-state index contributed by atoms with van der Waals surface area (Å²) in [6.45, 7) is 3.64. The fourth-order valence-corrected chi connectivity index (χ4v) is 6.09. The van der Waals surface area contributed by atoms with Crippen molar-refractivity contribution in [2.75, 3.05) is 24.6 Å². The van der Waals surface area contributed by atoms with E-state index in [1.165, 1.54) is 56.8 Å². The van der Waals surface area contributed by atoms with Crippen molar-refractivity contribution in [2.45, 2.75) is 56.8 Å². The minimum atomic E-state index is -3.96. The van der Waals surface area contributed by atoms with Crippen LogP contribution in [-0.2, 0) is 14.8 Å². The van der Waals surface area contributed by atoms with Gasteiger partial charge in [0.05, 0.1) is 22.8 Å². The van der Waals surface area contributed by atoms with Gasteiger partial charge in [-0.3, -0.25) is 9.10 Å². The monoisotopic (exact) mass is 549 g/mol. The Bertz CT molecular complexity index is 1410. The SMILES string of the molecule is CCOc1ccc(N(C)S(=O)(=O)c2ccc(C)c(C(=O)OCC(=O)c3ccc(C4CCCCC4)cc3)c2)cc1. The molecule has 3 aromatic rings. The first-order valence-corrected chi connectivity index (χ1v) is 14.8. The lowest BCUT2D eigenvalue weighted by Crippen LogP contribution is -2.27. The Kier molecular flexibility index (Phi) is 9.07. The number of rotatable bonds is 10. The summed E-state index contributed by atoms with van der Waals surface area (Å²) in [7, 11) is -2.51. The number of Topliss-reactive ketones (excluding diaryl/α,β-unsaturated/α-hetero) is 1. The third kappa shape index (κ3) is 6.68. The number of anilines is 1. The topological polar surface area (TPSA) is 90.0 Å². The van der Waals surface area contributed by atoms with Gasteiger partial charge >= 0.3 is 5.97 Å². The Morgan fingerprint density at radius 3 is 2.23 bits per heavy atom. The Morgan fingerprint density at radius 2 is 1.59 bits per heavy atom. The van der Waals surface area contributed by atoms with Crippen molar-refractivity contribution in [1.82, 2.24) is 0 Å². The molecule has 4 rings (SSSR count). The summed E-state index contributed by atoms with van der Waals surface area (Å²) >= 11 is 0. The van der Waals surface area contributed by atoms with Crippen LogP contribution in [-0.4, -0.2) is 40.4 Å². The summed E-state index contributed by atoms with van der Waals surface area (Å²) in [6, 6.07) is 18.6. The van der Waals surface area contributed by atoms with E-state index in [9.17, 15) is 18.0 Å². The number of ether oxygens (including phenoxy) is 2. The largest absolute Gasteiger partial charge is 0.494 e. The van der Waals surface area contributed by atoms with E-state index in [2.05, 4.69) is 0 Å². The van der Waals surface area contributed by atoms with Gasteiger partial charge in [-0.15, -0.1) is 0 Å². The predicted molar refractivity (Wildman–Crippen MR) is 151 cm³/mol. The van der Waals surface area contributed by atoms with E-state index in [0.717, 1.165) is 4.31 Å². The lowest BCUT2D eigenvalue weighted by Gasteiger charge is -2.22. The molecule has 0 amide bonds. The van der Waals surface area contributed by atoms with Gasteiger partial charge in [0.1, 0.15) is 5.75 Å². The summed E-state index contributed by atoms with van der Waals surface area (Å²) in [4.78, 5) is 25.5. The predicted octanol–water partition coefficient (Wildman–Crippen LogP) is 6.31. The molecule has 0 unspecified atom stereocenters. The van der Waals surface area contributed by atoms with Gasteiger partial charge in [0.2, 0.25) is 0 Å². The molecule has 1 aliphatic rings. The van der Waals surface area contributed by atoms with E-state index in [-0.39, 0.29) is 16.2 Å². The highest BCUT2D eigenvalue weighted by molar-refractivity contribution is 7.92. The van der Waals surface area contributed by atoms with Crippen molar-refractivity contribution in [3.63, 3.8) is 0 Å². The van der Waals surface area contributed by atoms with E-state index in [1.807, 2.05) is 19.1 Å². The molecule has 1 aliphatic carbocycles. The summed E-state index contributed by atoms with van der Waals surface area (Å²) in [5, 5.41) is 0. The van der Waals surface area contributed by atoms with E-state index in [0.29, 0.717) is 35.1 Å². The first kappa shape index (κ1) is 28.4. The molecule has 0 bridgehead atoms. The summed E-state index contributed by atoms with van der Waals surface area (Å²) in [6.07, 6.45) is 6.11. The van der Waals surface area contributed by atoms with E-state index >= 15 is 0 Å². The normalized spacial score (nSPS) is 14.0. The highest BCUT2D eigenvalue weighted by Gasteiger charge is 2.24. The molecule has 0 saturated heterocycles. The van der Waals surface area contributed by atoms with Crippen molar-refractivity contribution in [3.8, 4) is 5.75 Å². The Morgan fingerprint density at radius 1 is 0.923 bits per heavy atom. The molecule has 1 saturated carbocycles. The lowest BCUT2D eigenvalue weighted by molar-refractivity contribution is 0.0473. The molecule has 8 heteroatoms. The van der Waals surface area contributed by atoms with Crippen LogP contribution in [0.2, 0.25) is 0 Å². The number of sulfonamides is 1. The van der Waals surface area contributed by atoms with E-state index < -0.39 is 22.6 Å². The first-order valence-electron chi connectivity index (χ1n) is 13.3. The van der Waals surface area contributed by atoms with Gasteiger partial charge < -0.3 is 9.47 Å². The highest BCUT2D eigenvalue weighted by atomic mass is 32.2. The number of carbonyl (C=O) groups is 2. The zero-order valence-electron chi connectivity index (χ0n) is 22.7. The Hall–Kier alpha value is -3.65. The fraction of sp³-hybridized carbons (Fsp3) is 0.355. The molecule has 3 aromatic carbocycles. The molecule has 0 aromatic heterocycles. The molecule has 0 spiro atoms. The van der Waals surface area contributed by atoms with Crippen molar-refractivity contribution in [3.05, 3.63) is 89.0 Å². The maximum Gasteiger partial charge on any atom is 0.338 e. The maximum absolute atomic E-state index is 13.3. The van der Waals surface area contributed by atoms with Crippen LogP contribution in [0.1, 0.15) is 76.8 Å². The summed E-state index contributed by atoms with van der Waals surface area (Å²) < 4.78 is 38.5. The number of hydrogen-bond acceptors (Lipinski definition) is 6. The highest BCUT2D eigenvalue weighted by Crippen LogP contribution is 2.32. The maximum atomic E-state index is 13.3. The van der Waals surface area contributed by atoms with Gasteiger partial charge in [0.15, 0.2) is 12.4 Å².